The van der Waals surface area contributed by atoms with E-state index in [1.807, 2.05) is 30.3 Å². The maximum atomic E-state index is 4.52. The van der Waals surface area contributed by atoms with Gasteiger partial charge < -0.3 is 0 Å². The predicted molar refractivity (Wildman–Crippen MR) is 109 cm³/mol. The van der Waals surface area contributed by atoms with Gasteiger partial charge in [-0.15, -0.1) is 10.2 Å². The lowest BCUT2D eigenvalue weighted by molar-refractivity contribution is 1.06. The largest absolute Gasteiger partial charge is 0.275 e. The van der Waals surface area contributed by atoms with E-state index >= 15 is 0 Å². The average molecular weight is 404 g/mol. The molecule has 1 aromatic heterocycles. The molecule has 0 spiro atoms. The number of hydrogen-bond acceptors (Lipinski definition) is 2. The molecule has 0 saturated carbocycles. The van der Waals surface area contributed by atoms with E-state index in [0.29, 0.717) is 0 Å². The van der Waals surface area contributed by atoms with Crippen LogP contribution in [0.25, 0.3) is 28.5 Å². The summed E-state index contributed by atoms with van der Waals surface area (Å²) in [6, 6.07) is 24.8. The van der Waals surface area contributed by atoms with Crippen LogP contribution in [0.5, 0.6) is 0 Å². The minimum absolute atomic E-state index is 0.833. The molecule has 4 aromatic rings. The van der Waals surface area contributed by atoms with Gasteiger partial charge in [-0.1, -0.05) is 64.5 Å². The van der Waals surface area contributed by atoms with Crippen LogP contribution in [-0.2, 0) is 0 Å². The fourth-order valence-electron chi connectivity index (χ4n) is 2.95. The van der Waals surface area contributed by atoms with Gasteiger partial charge in [0, 0.05) is 21.3 Å². The first-order valence-corrected chi connectivity index (χ1v) is 9.27. The third-order valence-electron chi connectivity index (χ3n) is 4.55. The van der Waals surface area contributed by atoms with Crippen LogP contribution in [0.1, 0.15) is 11.1 Å². The Morgan fingerprint density at radius 3 is 1.92 bits per heavy atom. The average Bonchev–Trinajstić information content (AvgIpc) is 3.10. The van der Waals surface area contributed by atoms with E-state index in [0.717, 1.165) is 32.9 Å². The van der Waals surface area contributed by atoms with E-state index < -0.39 is 0 Å². The van der Waals surface area contributed by atoms with Crippen LogP contribution in [0.3, 0.4) is 0 Å². The summed E-state index contributed by atoms with van der Waals surface area (Å²) >= 11 is 3.50. The molecule has 3 aromatic carbocycles. The first-order chi connectivity index (χ1) is 12.6. The molecule has 0 atom stereocenters. The van der Waals surface area contributed by atoms with Crippen molar-refractivity contribution in [1.29, 1.82) is 0 Å². The normalized spacial score (nSPS) is 10.9. The maximum absolute atomic E-state index is 4.52. The second kappa shape index (κ2) is 6.89. The van der Waals surface area contributed by atoms with Gasteiger partial charge in [0.2, 0.25) is 0 Å². The van der Waals surface area contributed by atoms with Crippen molar-refractivity contribution in [3.63, 3.8) is 0 Å². The van der Waals surface area contributed by atoms with Crippen LogP contribution >= 0.6 is 15.9 Å². The molecular formula is C22H18BrN3. The van der Waals surface area contributed by atoms with Crippen LogP contribution in [0.2, 0.25) is 0 Å². The molecule has 0 aliphatic carbocycles. The lowest BCUT2D eigenvalue weighted by Gasteiger charge is -2.12. The first kappa shape index (κ1) is 16.7. The van der Waals surface area contributed by atoms with Gasteiger partial charge in [-0.05, 0) is 49.2 Å². The fourth-order valence-corrected chi connectivity index (χ4v) is 3.22. The van der Waals surface area contributed by atoms with Crippen LogP contribution in [-0.4, -0.2) is 14.8 Å². The molecule has 0 aliphatic heterocycles. The molecule has 4 rings (SSSR count). The number of aromatic nitrogens is 3. The monoisotopic (exact) mass is 403 g/mol. The number of halogens is 1. The predicted octanol–water partition coefficient (Wildman–Crippen LogP) is 5.98. The van der Waals surface area contributed by atoms with Crippen molar-refractivity contribution in [3.8, 4) is 28.5 Å². The van der Waals surface area contributed by atoms with E-state index in [1.165, 1.54) is 11.1 Å². The smallest absolute Gasteiger partial charge is 0.168 e. The number of hydrogen-bond donors (Lipinski definition) is 0. The van der Waals surface area contributed by atoms with Crippen molar-refractivity contribution in [2.75, 3.05) is 0 Å². The Bertz CT molecular complexity index is 1050. The highest BCUT2D eigenvalue weighted by molar-refractivity contribution is 9.10. The van der Waals surface area contributed by atoms with Crippen molar-refractivity contribution < 1.29 is 0 Å². The molecule has 0 aliphatic rings. The molecule has 128 valence electrons. The number of aryl methyl sites for hydroxylation is 2. The Hall–Kier alpha value is -2.72. The van der Waals surface area contributed by atoms with Crippen molar-refractivity contribution in [1.82, 2.24) is 14.8 Å². The van der Waals surface area contributed by atoms with E-state index in [-0.39, 0.29) is 0 Å². The summed E-state index contributed by atoms with van der Waals surface area (Å²) in [6.07, 6.45) is 0. The van der Waals surface area contributed by atoms with Crippen molar-refractivity contribution in [2.45, 2.75) is 13.8 Å². The van der Waals surface area contributed by atoms with Gasteiger partial charge in [-0.2, -0.15) is 0 Å². The van der Waals surface area contributed by atoms with Crippen molar-refractivity contribution in [2.24, 2.45) is 0 Å². The summed E-state index contributed by atoms with van der Waals surface area (Å²) in [6.45, 7) is 4.25. The fraction of sp³-hybridized carbons (Fsp3) is 0.0909. The van der Waals surface area contributed by atoms with Gasteiger partial charge in [0.15, 0.2) is 11.6 Å². The molecule has 0 radical (unpaired) electrons. The summed E-state index contributed by atoms with van der Waals surface area (Å²) < 4.78 is 3.17. The van der Waals surface area contributed by atoms with Gasteiger partial charge in [-0.3, -0.25) is 4.57 Å². The van der Waals surface area contributed by atoms with E-state index in [4.69, 9.17) is 0 Å². The molecular weight excluding hydrogens is 386 g/mol. The molecule has 3 nitrogen and oxygen atoms in total. The Kier molecular flexibility index (Phi) is 4.43. The minimum Gasteiger partial charge on any atom is -0.275 e. The lowest BCUT2D eigenvalue weighted by atomic mass is 10.1. The molecule has 0 saturated heterocycles. The third-order valence-corrected chi connectivity index (χ3v) is 5.07. The topological polar surface area (TPSA) is 30.7 Å². The van der Waals surface area contributed by atoms with Crippen LogP contribution in [0.4, 0.5) is 0 Å². The number of nitrogens with zero attached hydrogens (tertiary/aromatic N) is 3. The molecule has 26 heavy (non-hydrogen) atoms. The molecule has 0 unspecified atom stereocenters. The van der Waals surface area contributed by atoms with Gasteiger partial charge >= 0.3 is 0 Å². The maximum Gasteiger partial charge on any atom is 0.168 e. The Labute approximate surface area is 161 Å². The second-order valence-electron chi connectivity index (χ2n) is 6.32. The SMILES string of the molecule is Cc1ccc(-n2c(-c3ccccc3)nnc2-c2ccc(Br)cc2)cc1C. The van der Waals surface area contributed by atoms with Gasteiger partial charge in [0.1, 0.15) is 0 Å². The quantitative estimate of drug-likeness (QED) is 0.421. The highest BCUT2D eigenvalue weighted by Crippen LogP contribution is 2.29. The zero-order chi connectivity index (χ0) is 18.1. The number of benzene rings is 3. The Balaban J connectivity index is 1.97. The molecule has 1 heterocycles. The molecule has 0 bridgehead atoms. The zero-order valence-electron chi connectivity index (χ0n) is 14.6. The van der Waals surface area contributed by atoms with Gasteiger partial charge in [-0.25, -0.2) is 0 Å². The van der Waals surface area contributed by atoms with E-state index in [2.05, 4.69) is 87.0 Å². The molecule has 4 heteroatoms. The molecule has 0 fully saturated rings. The zero-order valence-corrected chi connectivity index (χ0v) is 16.2. The van der Waals surface area contributed by atoms with Crippen LogP contribution in [0, 0.1) is 13.8 Å². The van der Waals surface area contributed by atoms with Crippen LogP contribution in [0.15, 0.2) is 77.3 Å². The Morgan fingerprint density at radius 1 is 0.692 bits per heavy atom. The van der Waals surface area contributed by atoms with E-state index in [1.54, 1.807) is 0 Å². The first-order valence-electron chi connectivity index (χ1n) is 8.48. The van der Waals surface area contributed by atoms with Gasteiger partial charge in [0.25, 0.3) is 0 Å². The lowest BCUT2D eigenvalue weighted by Crippen LogP contribution is -2.01. The van der Waals surface area contributed by atoms with Crippen molar-refractivity contribution >= 4 is 15.9 Å². The highest BCUT2D eigenvalue weighted by atomic mass is 79.9. The molecule has 0 amide bonds. The summed E-state index contributed by atoms with van der Waals surface area (Å²) in [4.78, 5) is 0. The summed E-state index contributed by atoms with van der Waals surface area (Å²) in [5.74, 6) is 1.67. The third kappa shape index (κ3) is 3.08. The molecule has 0 N–H and O–H groups in total. The summed E-state index contributed by atoms with van der Waals surface area (Å²) in [5.41, 5.74) is 5.66. The highest BCUT2D eigenvalue weighted by Gasteiger charge is 2.17. The summed E-state index contributed by atoms with van der Waals surface area (Å²) in [7, 11) is 0. The Morgan fingerprint density at radius 2 is 1.31 bits per heavy atom. The summed E-state index contributed by atoms with van der Waals surface area (Å²) in [5, 5.41) is 9.03. The standard InChI is InChI=1S/C22H18BrN3/c1-15-8-13-20(14-16(15)2)26-21(17-6-4-3-5-7-17)24-25-22(26)18-9-11-19(23)12-10-18/h3-14H,1-2H3. The number of rotatable bonds is 3. The van der Waals surface area contributed by atoms with E-state index in [9.17, 15) is 0 Å². The van der Waals surface area contributed by atoms with Crippen molar-refractivity contribution in [3.05, 3.63) is 88.4 Å². The second-order valence-corrected chi connectivity index (χ2v) is 7.24. The van der Waals surface area contributed by atoms with Crippen LogP contribution < -0.4 is 0 Å². The minimum atomic E-state index is 0.833. The van der Waals surface area contributed by atoms with Gasteiger partial charge in [0.05, 0.1) is 0 Å².